The van der Waals surface area contributed by atoms with E-state index in [1.807, 2.05) is 12.4 Å². The lowest BCUT2D eigenvalue weighted by Crippen LogP contribution is -2.58. The molecule has 2 N–H and O–H groups in total. The Hall–Kier alpha value is -1.20. The highest BCUT2D eigenvalue weighted by Gasteiger charge is 2.31. The number of hydrogen-bond donors (Lipinski definition) is 1. The first kappa shape index (κ1) is 13.2. The van der Waals surface area contributed by atoms with Crippen LogP contribution < -0.4 is 10.6 Å². The van der Waals surface area contributed by atoms with E-state index in [2.05, 4.69) is 40.7 Å². The summed E-state index contributed by atoms with van der Waals surface area (Å²) in [5, 5.41) is 0. The first-order valence-corrected chi connectivity index (χ1v) is 6.50. The maximum atomic E-state index is 5.52. The molecule has 0 saturated carbocycles. The lowest BCUT2D eigenvalue weighted by molar-refractivity contribution is 0.138. The molecule has 1 aliphatic heterocycles. The summed E-state index contributed by atoms with van der Waals surface area (Å²) in [6, 6.07) is 0. The first-order chi connectivity index (χ1) is 8.53. The number of anilines is 1. The van der Waals surface area contributed by atoms with Gasteiger partial charge in [0.25, 0.3) is 0 Å². The summed E-state index contributed by atoms with van der Waals surface area (Å²) in [7, 11) is 2.17. The Labute approximate surface area is 109 Å². The van der Waals surface area contributed by atoms with Crippen LogP contribution in [0.3, 0.4) is 0 Å². The third kappa shape index (κ3) is 2.79. The van der Waals surface area contributed by atoms with E-state index < -0.39 is 0 Å². The van der Waals surface area contributed by atoms with Gasteiger partial charge in [0.15, 0.2) is 0 Å². The maximum absolute atomic E-state index is 5.52. The molecule has 0 spiro atoms. The molecule has 18 heavy (non-hydrogen) atoms. The van der Waals surface area contributed by atoms with E-state index in [-0.39, 0.29) is 5.54 Å². The van der Waals surface area contributed by atoms with Crippen LogP contribution >= 0.6 is 0 Å². The molecule has 0 aromatic carbocycles. The second-order valence-electron chi connectivity index (χ2n) is 5.59. The molecule has 1 aromatic rings. The molecule has 5 nitrogen and oxygen atoms in total. The van der Waals surface area contributed by atoms with Crippen molar-refractivity contribution >= 4 is 5.95 Å². The van der Waals surface area contributed by atoms with Crippen molar-refractivity contribution in [1.29, 1.82) is 0 Å². The Balaban J connectivity index is 2.08. The largest absolute Gasteiger partial charge is 0.338 e. The van der Waals surface area contributed by atoms with Gasteiger partial charge in [-0.15, -0.1) is 0 Å². The molecule has 1 saturated heterocycles. The number of nitrogens with zero attached hydrogens (tertiary/aromatic N) is 4. The number of likely N-dealkylation sites (N-methyl/N-ethyl adjacent to an activating group) is 1. The molecule has 1 aromatic heterocycles. The van der Waals surface area contributed by atoms with Crippen LogP contribution in [0.1, 0.15) is 19.4 Å². The van der Waals surface area contributed by atoms with Crippen molar-refractivity contribution in [1.82, 2.24) is 14.9 Å². The monoisotopic (exact) mass is 249 g/mol. The van der Waals surface area contributed by atoms with Gasteiger partial charge in [-0.1, -0.05) is 0 Å². The van der Waals surface area contributed by atoms with E-state index >= 15 is 0 Å². The van der Waals surface area contributed by atoms with Crippen molar-refractivity contribution < 1.29 is 0 Å². The average Bonchev–Trinajstić information content (AvgIpc) is 2.34. The minimum Gasteiger partial charge on any atom is -0.338 e. The second-order valence-corrected chi connectivity index (χ2v) is 5.59. The van der Waals surface area contributed by atoms with E-state index in [0.29, 0.717) is 6.54 Å². The molecule has 0 aliphatic carbocycles. The highest BCUT2D eigenvalue weighted by Crippen LogP contribution is 2.21. The van der Waals surface area contributed by atoms with Crippen LogP contribution in [-0.4, -0.2) is 53.6 Å². The maximum Gasteiger partial charge on any atom is 0.225 e. The van der Waals surface area contributed by atoms with Crippen LogP contribution in [0.4, 0.5) is 5.95 Å². The van der Waals surface area contributed by atoms with Crippen molar-refractivity contribution in [2.45, 2.75) is 25.8 Å². The van der Waals surface area contributed by atoms with Crippen molar-refractivity contribution in [3.8, 4) is 0 Å². The molecule has 1 aliphatic rings. The van der Waals surface area contributed by atoms with Gasteiger partial charge in [-0.3, -0.25) is 4.90 Å². The van der Waals surface area contributed by atoms with E-state index in [9.17, 15) is 0 Å². The van der Waals surface area contributed by atoms with Crippen LogP contribution in [0.5, 0.6) is 0 Å². The lowest BCUT2D eigenvalue weighted by Gasteiger charge is -2.45. The molecule has 100 valence electrons. The Morgan fingerprint density at radius 2 is 1.94 bits per heavy atom. The van der Waals surface area contributed by atoms with Crippen LogP contribution in [0.15, 0.2) is 12.4 Å². The summed E-state index contributed by atoms with van der Waals surface area (Å²) in [6.45, 7) is 8.13. The van der Waals surface area contributed by atoms with Gasteiger partial charge < -0.3 is 10.6 Å². The fourth-order valence-electron chi connectivity index (χ4n) is 2.22. The van der Waals surface area contributed by atoms with Crippen LogP contribution in [-0.2, 0) is 6.42 Å². The van der Waals surface area contributed by atoms with Gasteiger partial charge in [0.1, 0.15) is 0 Å². The van der Waals surface area contributed by atoms with E-state index in [4.69, 9.17) is 5.73 Å². The Morgan fingerprint density at radius 3 is 2.50 bits per heavy atom. The Morgan fingerprint density at radius 1 is 1.28 bits per heavy atom. The number of hydrogen-bond acceptors (Lipinski definition) is 5. The average molecular weight is 249 g/mol. The van der Waals surface area contributed by atoms with Crippen molar-refractivity contribution in [2.75, 3.05) is 38.1 Å². The zero-order chi connectivity index (χ0) is 13.2. The zero-order valence-corrected chi connectivity index (χ0v) is 11.6. The highest BCUT2D eigenvalue weighted by molar-refractivity contribution is 5.32. The molecule has 1 fully saturated rings. The SMILES string of the molecule is CN1CCN(c2ncc(CCN)cn2)CC1(C)C. The van der Waals surface area contributed by atoms with Gasteiger partial charge >= 0.3 is 0 Å². The molecule has 0 atom stereocenters. The quantitative estimate of drug-likeness (QED) is 0.846. The standard InChI is InChI=1S/C13H23N5/c1-13(2)10-18(7-6-17(13)3)12-15-8-11(4-5-14)9-16-12/h8-9H,4-7,10,14H2,1-3H3. The van der Waals surface area contributed by atoms with Gasteiger partial charge in [-0.2, -0.15) is 0 Å². The van der Waals surface area contributed by atoms with Crippen LogP contribution in [0.25, 0.3) is 0 Å². The summed E-state index contributed by atoms with van der Waals surface area (Å²) in [6.07, 6.45) is 4.62. The van der Waals surface area contributed by atoms with Crippen LogP contribution in [0, 0.1) is 0 Å². The van der Waals surface area contributed by atoms with E-state index in [1.54, 1.807) is 0 Å². The molecule has 0 bridgehead atoms. The van der Waals surface area contributed by atoms with Crippen molar-refractivity contribution in [2.24, 2.45) is 5.73 Å². The summed E-state index contributed by atoms with van der Waals surface area (Å²) >= 11 is 0. The number of nitrogens with two attached hydrogens (primary N) is 1. The van der Waals surface area contributed by atoms with Gasteiger partial charge in [-0.25, -0.2) is 9.97 Å². The zero-order valence-electron chi connectivity index (χ0n) is 11.6. The number of aromatic nitrogens is 2. The molecule has 2 heterocycles. The summed E-state index contributed by atoms with van der Waals surface area (Å²) in [4.78, 5) is 13.5. The summed E-state index contributed by atoms with van der Waals surface area (Å²) in [5.74, 6) is 0.831. The normalized spacial score (nSPS) is 20.1. The molecule has 0 amide bonds. The molecule has 5 heteroatoms. The van der Waals surface area contributed by atoms with Gasteiger partial charge in [0.05, 0.1) is 0 Å². The van der Waals surface area contributed by atoms with Crippen molar-refractivity contribution in [3.05, 3.63) is 18.0 Å². The molecular weight excluding hydrogens is 226 g/mol. The fraction of sp³-hybridized carbons (Fsp3) is 0.692. The topological polar surface area (TPSA) is 58.3 Å². The minimum atomic E-state index is 0.164. The Kier molecular flexibility index (Phi) is 3.82. The van der Waals surface area contributed by atoms with Crippen molar-refractivity contribution in [3.63, 3.8) is 0 Å². The summed E-state index contributed by atoms with van der Waals surface area (Å²) in [5.41, 5.74) is 6.79. The molecule has 0 unspecified atom stereocenters. The Bertz CT molecular complexity index is 387. The lowest BCUT2D eigenvalue weighted by atomic mass is 10.0. The predicted molar refractivity (Wildman–Crippen MR) is 73.7 cm³/mol. The highest BCUT2D eigenvalue weighted by atomic mass is 15.3. The number of piperazine rings is 1. The fourth-order valence-corrected chi connectivity index (χ4v) is 2.22. The smallest absolute Gasteiger partial charge is 0.225 e. The van der Waals surface area contributed by atoms with Gasteiger partial charge in [-0.05, 0) is 39.4 Å². The molecular formula is C13H23N5. The van der Waals surface area contributed by atoms with Gasteiger partial charge in [0, 0.05) is 37.6 Å². The van der Waals surface area contributed by atoms with E-state index in [0.717, 1.165) is 37.6 Å². The van der Waals surface area contributed by atoms with E-state index in [1.165, 1.54) is 0 Å². The molecule has 0 radical (unpaired) electrons. The molecule has 2 rings (SSSR count). The minimum absolute atomic E-state index is 0.164. The van der Waals surface area contributed by atoms with Crippen LogP contribution in [0.2, 0.25) is 0 Å². The third-order valence-corrected chi connectivity index (χ3v) is 3.72. The third-order valence-electron chi connectivity index (χ3n) is 3.72. The predicted octanol–water partition coefficient (Wildman–Crippen LogP) is 0.508. The first-order valence-electron chi connectivity index (χ1n) is 6.50. The summed E-state index contributed by atoms with van der Waals surface area (Å²) < 4.78 is 0. The van der Waals surface area contributed by atoms with Gasteiger partial charge in [0.2, 0.25) is 5.95 Å². The second kappa shape index (κ2) is 5.20. The number of rotatable bonds is 3.